The van der Waals surface area contributed by atoms with E-state index in [1.165, 1.54) is 6.07 Å². The first-order chi connectivity index (χ1) is 12.2. The molecule has 0 N–H and O–H groups in total. The Morgan fingerprint density at radius 3 is 2.72 bits per heavy atom. The second-order valence-electron chi connectivity index (χ2n) is 5.76. The van der Waals surface area contributed by atoms with Crippen molar-refractivity contribution >= 4 is 17.8 Å². The Balaban J connectivity index is 1.79. The smallest absolute Gasteiger partial charge is 0.267 e. The molecule has 5 heteroatoms. The van der Waals surface area contributed by atoms with Gasteiger partial charge in [-0.15, -0.1) is 0 Å². The third-order valence-corrected chi connectivity index (χ3v) is 4.01. The number of hydrogen-bond donors (Lipinski definition) is 0. The van der Waals surface area contributed by atoms with Crippen molar-refractivity contribution in [2.45, 2.75) is 6.92 Å². The molecule has 4 aromatic rings. The van der Waals surface area contributed by atoms with Crippen LogP contribution in [-0.4, -0.2) is 19.2 Å². The van der Waals surface area contributed by atoms with E-state index < -0.39 is 0 Å². The zero-order valence-electron chi connectivity index (χ0n) is 13.7. The summed E-state index contributed by atoms with van der Waals surface area (Å²) in [7, 11) is 0. The monoisotopic (exact) mass is 328 g/mol. The van der Waals surface area contributed by atoms with E-state index in [1.807, 2.05) is 72.4 Å². The molecule has 4 rings (SSSR count). The van der Waals surface area contributed by atoms with E-state index in [1.54, 1.807) is 16.9 Å². The number of rotatable bonds is 3. The number of para-hydroxylation sites is 1. The third-order valence-electron chi connectivity index (χ3n) is 4.01. The number of hydrogen-bond acceptors (Lipinski definition) is 3. The molecule has 122 valence electrons. The molecular weight excluding hydrogens is 312 g/mol. The van der Waals surface area contributed by atoms with Crippen LogP contribution in [0.15, 0.2) is 71.9 Å². The summed E-state index contributed by atoms with van der Waals surface area (Å²) in [6, 6.07) is 15.1. The number of nitrogens with zero attached hydrogens (tertiary/aromatic N) is 4. The van der Waals surface area contributed by atoms with Gasteiger partial charge < -0.3 is 0 Å². The first-order valence-electron chi connectivity index (χ1n) is 7.98. The summed E-state index contributed by atoms with van der Waals surface area (Å²) in [6.07, 6.45) is 9.06. The van der Waals surface area contributed by atoms with E-state index in [0.717, 1.165) is 16.8 Å². The van der Waals surface area contributed by atoms with Gasteiger partial charge in [0.15, 0.2) is 5.65 Å². The van der Waals surface area contributed by atoms with Crippen molar-refractivity contribution in [1.29, 1.82) is 0 Å². The molecule has 0 fully saturated rings. The van der Waals surface area contributed by atoms with E-state index in [9.17, 15) is 4.79 Å². The van der Waals surface area contributed by atoms with Crippen LogP contribution in [0.3, 0.4) is 0 Å². The fraction of sp³-hybridized carbons (Fsp3) is 0.0500. The van der Waals surface area contributed by atoms with Crippen molar-refractivity contribution in [3.8, 4) is 5.69 Å². The van der Waals surface area contributed by atoms with E-state index >= 15 is 0 Å². The number of pyridine rings is 1. The minimum Gasteiger partial charge on any atom is -0.267 e. The molecule has 0 aliphatic carbocycles. The van der Waals surface area contributed by atoms with E-state index in [4.69, 9.17) is 0 Å². The maximum atomic E-state index is 12.6. The average molecular weight is 328 g/mol. The van der Waals surface area contributed by atoms with Gasteiger partial charge in [-0.1, -0.05) is 30.3 Å². The van der Waals surface area contributed by atoms with E-state index in [-0.39, 0.29) is 5.56 Å². The highest BCUT2D eigenvalue weighted by Crippen LogP contribution is 2.14. The van der Waals surface area contributed by atoms with Crippen molar-refractivity contribution in [3.05, 3.63) is 94.3 Å². The van der Waals surface area contributed by atoms with Crippen LogP contribution in [0, 0.1) is 6.92 Å². The van der Waals surface area contributed by atoms with Crippen molar-refractivity contribution in [2.24, 2.45) is 0 Å². The molecule has 0 saturated carbocycles. The van der Waals surface area contributed by atoms with Gasteiger partial charge in [-0.2, -0.15) is 4.52 Å². The summed E-state index contributed by atoms with van der Waals surface area (Å²) in [5, 5.41) is 0. The van der Waals surface area contributed by atoms with Crippen LogP contribution in [0.25, 0.3) is 23.5 Å². The molecule has 0 amide bonds. The lowest BCUT2D eigenvalue weighted by Gasteiger charge is -2.09. The minimum atomic E-state index is -0.121. The molecule has 0 aliphatic heterocycles. The third kappa shape index (κ3) is 2.87. The zero-order chi connectivity index (χ0) is 17.2. The largest absolute Gasteiger partial charge is 0.273 e. The van der Waals surface area contributed by atoms with Gasteiger partial charge in [0.2, 0.25) is 0 Å². The summed E-state index contributed by atoms with van der Waals surface area (Å²) in [4.78, 5) is 21.3. The van der Waals surface area contributed by atoms with Crippen LogP contribution in [0.5, 0.6) is 0 Å². The van der Waals surface area contributed by atoms with Crippen molar-refractivity contribution in [2.75, 3.05) is 0 Å². The highest BCUT2D eigenvalue weighted by atomic mass is 16.1. The Bertz CT molecular complexity index is 1120. The Morgan fingerprint density at radius 1 is 1.04 bits per heavy atom. The molecule has 3 heterocycles. The second-order valence-corrected chi connectivity index (χ2v) is 5.76. The van der Waals surface area contributed by atoms with Gasteiger partial charge in [0.25, 0.3) is 5.56 Å². The zero-order valence-corrected chi connectivity index (χ0v) is 13.7. The van der Waals surface area contributed by atoms with Crippen LogP contribution in [-0.2, 0) is 0 Å². The van der Waals surface area contributed by atoms with Gasteiger partial charge in [0.1, 0.15) is 0 Å². The Hall–Kier alpha value is -3.47. The first kappa shape index (κ1) is 15.1. The van der Waals surface area contributed by atoms with Crippen LogP contribution in [0.1, 0.15) is 16.8 Å². The van der Waals surface area contributed by atoms with Gasteiger partial charge in [0, 0.05) is 30.7 Å². The van der Waals surface area contributed by atoms with Gasteiger partial charge >= 0.3 is 0 Å². The van der Waals surface area contributed by atoms with Crippen LogP contribution < -0.4 is 5.56 Å². The topological polar surface area (TPSA) is 52.2 Å². The molecular formula is C20H16N4O. The molecule has 0 spiro atoms. The standard InChI is InChI=1S/C20H16N4O/c1-15-5-2-3-7-18(15)23-12-10-19-22-17(13-20(25)24(19)23)9-8-16-6-4-11-21-14-16/h2-14H,1H3/b9-8+. The fourth-order valence-corrected chi connectivity index (χ4v) is 2.79. The highest BCUT2D eigenvalue weighted by Gasteiger charge is 2.08. The van der Waals surface area contributed by atoms with Gasteiger partial charge in [-0.05, 0) is 36.3 Å². The van der Waals surface area contributed by atoms with Crippen molar-refractivity contribution < 1.29 is 0 Å². The van der Waals surface area contributed by atoms with E-state index in [2.05, 4.69) is 9.97 Å². The van der Waals surface area contributed by atoms with Crippen molar-refractivity contribution in [1.82, 2.24) is 19.2 Å². The van der Waals surface area contributed by atoms with Crippen LogP contribution >= 0.6 is 0 Å². The summed E-state index contributed by atoms with van der Waals surface area (Å²) >= 11 is 0. The number of aromatic nitrogens is 4. The number of fused-ring (bicyclic) bond motifs is 1. The quantitative estimate of drug-likeness (QED) is 0.579. The summed E-state index contributed by atoms with van der Waals surface area (Å²) in [5.74, 6) is 0. The summed E-state index contributed by atoms with van der Waals surface area (Å²) < 4.78 is 3.40. The Morgan fingerprint density at radius 2 is 1.92 bits per heavy atom. The summed E-state index contributed by atoms with van der Waals surface area (Å²) in [6.45, 7) is 2.02. The lowest BCUT2D eigenvalue weighted by molar-refractivity contribution is 0.759. The van der Waals surface area contributed by atoms with Crippen LogP contribution in [0.4, 0.5) is 0 Å². The molecule has 0 atom stereocenters. The summed E-state index contributed by atoms with van der Waals surface area (Å²) in [5.41, 5.74) is 4.12. The molecule has 0 unspecified atom stereocenters. The molecule has 5 nitrogen and oxygen atoms in total. The molecule has 0 saturated heterocycles. The van der Waals surface area contributed by atoms with Gasteiger partial charge in [-0.25, -0.2) is 4.98 Å². The van der Waals surface area contributed by atoms with E-state index in [0.29, 0.717) is 11.3 Å². The SMILES string of the molecule is Cc1ccccc1-n1ccc2nc(/C=C/c3cccnc3)cc(=O)n21. The fourth-order valence-electron chi connectivity index (χ4n) is 2.79. The average Bonchev–Trinajstić information content (AvgIpc) is 3.06. The molecule has 0 aliphatic rings. The lowest BCUT2D eigenvalue weighted by atomic mass is 10.2. The highest BCUT2D eigenvalue weighted by molar-refractivity contribution is 5.68. The number of benzene rings is 1. The van der Waals surface area contributed by atoms with Crippen LogP contribution in [0.2, 0.25) is 0 Å². The molecule has 0 bridgehead atoms. The molecule has 0 radical (unpaired) electrons. The first-order valence-corrected chi connectivity index (χ1v) is 7.98. The molecule has 3 aromatic heterocycles. The maximum Gasteiger partial charge on any atom is 0.273 e. The van der Waals surface area contributed by atoms with Gasteiger partial charge in [0.05, 0.1) is 11.4 Å². The molecule has 25 heavy (non-hydrogen) atoms. The predicted molar refractivity (Wildman–Crippen MR) is 98.7 cm³/mol. The Kier molecular flexibility index (Phi) is 3.74. The second kappa shape index (κ2) is 6.20. The minimum absolute atomic E-state index is 0.121. The van der Waals surface area contributed by atoms with Crippen molar-refractivity contribution in [3.63, 3.8) is 0 Å². The van der Waals surface area contributed by atoms with Gasteiger partial charge in [-0.3, -0.25) is 14.5 Å². The molecule has 1 aromatic carbocycles. The maximum absolute atomic E-state index is 12.6. The Labute approximate surface area is 144 Å². The number of aryl methyl sites for hydroxylation is 1. The normalized spacial score (nSPS) is 11.4. The predicted octanol–water partition coefficient (Wildman–Crippen LogP) is 3.36. The lowest BCUT2D eigenvalue weighted by Crippen LogP contribution is -2.20.